The van der Waals surface area contributed by atoms with E-state index in [9.17, 15) is 8.42 Å². The molecule has 1 saturated heterocycles. The fraction of sp³-hybridized carbons (Fsp3) is 0.520. The van der Waals surface area contributed by atoms with Gasteiger partial charge in [-0.1, -0.05) is 13.0 Å². The SMILES string of the molecule is COc1cccc(OC)c1-n1c(NS(=O)(=O)[C@@H](C)[C@H](C)c2ncc(C)cn2)nnc1[C@@H]1CCS(C)(C)C1. The molecule has 1 aromatic carbocycles. The van der Waals surface area contributed by atoms with Crippen LogP contribution >= 0.6 is 10.0 Å². The molecule has 0 aliphatic carbocycles. The van der Waals surface area contributed by atoms with E-state index < -0.39 is 31.2 Å². The molecule has 3 aromatic rings. The van der Waals surface area contributed by atoms with Crippen molar-refractivity contribution in [2.45, 2.75) is 44.3 Å². The molecule has 3 atom stereocenters. The van der Waals surface area contributed by atoms with Crippen LogP contribution in [0.25, 0.3) is 5.69 Å². The number of hydrogen-bond donors (Lipinski definition) is 1. The van der Waals surface area contributed by atoms with Crippen molar-refractivity contribution in [3.8, 4) is 17.2 Å². The zero-order valence-corrected chi connectivity index (χ0v) is 24.1. The molecule has 0 saturated carbocycles. The van der Waals surface area contributed by atoms with Gasteiger partial charge in [-0.15, -0.1) is 10.2 Å². The number of anilines is 1. The van der Waals surface area contributed by atoms with Gasteiger partial charge in [0.1, 0.15) is 28.8 Å². The summed E-state index contributed by atoms with van der Waals surface area (Å²) in [6.07, 6.45) is 8.97. The molecule has 0 unspecified atom stereocenters. The Morgan fingerprint density at radius 3 is 2.24 bits per heavy atom. The molecule has 37 heavy (non-hydrogen) atoms. The van der Waals surface area contributed by atoms with E-state index in [1.807, 2.05) is 25.1 Å². The third kappa shape index (κ3) is 5.54. The number of methoxy groups -OCH3 is 2. The lowest BCUT2D eigenvalue weighted by molar-refractivity contribution is 0.390. The highest BCUT2D eigenvalue weighted by atomic mass is 32.3. The van der Waals surface area contributed by atoms with Gasteiger partial charge in [-0.3, -0.25) is 9.29 Å². The summed E-state index contributed by atoms with van der Waals surface area (Å²) in [5.41, 5.74) is 1.47. The van der Waals surface area contributed by atoms with Gasteiger partial charge in [-0.25, -0.2) is 28.4 Å². The van der Waals surface area contributed by atoms with Crippen LogP contribution in [0, 0.1) is 6.92 Å². The monoisotopic (exact) mass is 548 g/mol. The number of nitrogens with zero attached hydrogens (tertiary/aromatic N) is 5. The average molecular weight is 549 g/mol. The van der Waals surface area contributed by atoms with Gasteiger partial charge in [0.2, 0.25) is 16.0 Å². The van der Waals surface area contributed by atoms with E-state index in [0.717, 1.165) is 23.5 Å². The van der Waals surface area contributed by atoms with Crippen molar-refractivity contribution in [1.82, 2.24) is 24.7 Å². The Balaban J connectivity index is 1.78. The second-order valence-electron chi connectivity index (χ2n) is 10.1. The van der Waals surface area contributed by atoms with Gasteiger partial charge in [-0.2, -0.15) is 0 Å². The molecule has 12 heteroatoms. The molecule has 1 aliphatic heterocycles. The number of nitrogens with one attached hydrogen (secondary N) is 1. The minimum absolute atomic E-state index is 0.0985. The molecule has 1 aliphatic rings. The van der Waals surface area contributed by atoms with Gasteiger partial charge in [-0.05, 0) is 62.0 Å². The van der Waals surface area contributed by atoms with Gasteiger partial charge >= 0.3 is 0 Å². The highest BCUT2D eigenvalue weighted by Crippen LogP contribution is 2.53. The first-order chi connectivity index (χ1) is 17.5. The zero-order chi connectivity index (χ0) is 27.0. The predicted octanol–water partition coefficient (Wildman–Crippen LogP) is 3.87. The van der Waals surface area contributed by atoms with Crippen molar-refractivity contribution >= 4 is 26.0 Å². The van der Waals surface area contributed by atoms with Crippen molar-refractivity contribution < 1.29 is 17.9 Å². The summed E-state index contributed by atoms with van der Waals surface area (Å²) in [5, 5.41) is 8.01. The van der Waals surface area contributed by atoms with E-state index in [1.54, 1.807) is 45.0 Å². The minimum Gasteiger partial charge on any atom is -0.494 e. The Morgan fingerprint density at radius 1 is 1.08 bits per heavy atom. The van der Waals surface area contributed by atoms with Crippen LogP contribution in [0.4, 0.5) is 5.95 Å². The Bertz CT molecular complexity index is 1340. The van der Waals surface area contributed by atoms with Gasteiger partial charge in [0.15, 0.2) is 0 Å². The van der Waals surface area contributed by atoms with E-state index in [2.05, 4.69) is 37.4 Å². The van der Waals surface area contributed by atoms with Crippen molar-refractivity contribution in [3.63, 3.8) is 0 Å². The van der Waals surface area contributed by atoms with Crippen LogP contribution in [0.3, 0.4) is 0 Å². The van der Waals surface area contributed by atoms with Gasteiger partial charge in [0, 0.05) is 24.2 Å². The maximum Gasteiger partial charge on any atom is 0.243 e. The molecule has 1 fully saturated rings. The van der Waals surface area contributed by atoms with Gasteiger partial charge in [0.25, 0.3) is 0 Å². The third-order valence-corrected chi connectivity index (χ3v) is 11.5. The normalized spacial score (nSPS) is 19.7. The van der Waals surface area contributed by atoms with E-state index >= 15 is 0 Å². The first-order valence-corrected chi connectivity index (χ1v) is 16.5. The van der Waals surface area contributed by atoms with E-state index in [4.69, 9.17) is 9.47 Å². The summed E-state index contributed by atoms with van der Waals surface area (Å²) in [6.45, 7) is 5.33. The lowest BCUT2D eigenvalue weighted by atomic mass is 10.1. The minimum atomic E-state index is -3.90. The molecule has 0 amide bonds. The first kappa shape index (κ1) is 27.2. The van der Waals surface area contributed by atoms with Crippen LogP contribution < -0.4 is 14.2 Å². The number of hydrogen-bond acceptors (Lipinski definition) is 8. The molecule has 0 spiro atoms. The molecule has 202 valence electrons. The summed E-state index contributed by atoms with van der Waals surface area (Å²) >= 11 is 0. The smallest absolute Gasteiger partial charge is 0.243 e. The predicted molar refractivity (Wildman–Crippen MR) is 148 cm³/mol. The molecule has 0 bridgehead atoms. The summed E-state index contributed by atoms with van der Waals surface area (Å²) in [6, 6.07) is 5.44. The average Bonchev–Trinajstić information content (AvgIpc) is 3.44. The Labute approximate surface area is 220 Å². The summed E-state index contributed by atoms with van der Waals surface area (Å²) < 4.78 is 43.0. The second kappa shape index (κ2) is 10.5. The van der Waals surface area contributed by atoms with Crippen LogP contribution in [0.2, 0.25) is 0 Å². The molecule has 10 nitrogen and oxygen atoms in total. The van der Waals surface area contributed by atoms with E-state index in [0.29, 0.717) is 28.8 Å². The van der Waals surface area contributed by atoms with Crippen molar-refractivity contribution in [3.05, 3.63) is 47.8 Å². The fourth-order valence-electron chi connectivity index (χ4n) is 4.61. The molecular formula is C25H36N6O4S2. The molecule has 0 radical (unpaired) electrons. The summed E-state index contributed by atoms with van der Waals surface area (Å²) in [5.74, 6) is 4.13. The first-order valence-electron chi connectivity index (χ1n) is 12.1. The van der Waals surface area contributed by atoms with Crippen molar-refractivity contribution in [2.75, 3.05) is 43.0 Å². The zero-order valence-electron chi connectivity index (χ0n) is 22.4. The second-order valence-corrected chi connectivity index (χ2v) is 16.4. The van der Waals surface area contributed by atoms with Crippen LogP contribution in [-0.2, 0) is 10.0 Å². The van der Waals surface area contributed by atoms with Gasteiger partial charge < -0.3 is 9.47 Å². The molecule has 1 N–H and O–H groups in total. The highest BCUT2D eigenvalue weighted by molar-refractivity contribution is 8.32. The largest absolute Gasteiger partial charge is 0.494 e. The number of rotatable bonds is 9. The van der Waals surface area contributed by atoms with Gasteiger partial charge in [0.05, 0.1) is 19.5 Å². The highest BCUT2D eigenvalue weighted by Gasteiger charge is 2.36. The van der Waals surface area contributed by atoms with Crippen LogP contribution in [-0.4, -0.2) is 76.6 Å². The summed E-state index contributed by atoms with van der Waals surface area (Å²) in [4.78, 5) is 8.67. The van der Waals surface area contributed by atoms with E-state index in [-0.39, 0.29) is 11.9 Å². The maximum atomic E-state index is 13.6. The fourth-order valence-corrected chi connectivity index (χ4v) is 8.34. The third-order valence-electron chi connectivity index (χ3n) is 6.99. The number of para-hydroxylation sites is 1. The number of benzene rings is 1. The van der Waals surface area contributed by atoms with Crippen LogP contribution in [0.1, 0.15) is 49.3 Å². The number of sulfonamides is 1. The summed E-state index contributed by atoms with van der Waals surface area (Å²) in [7, 11) is -1.52. The maximum absolute atomic E-state index is 13.6. The number of aryl methyl sites for hydroxylation is 1. The topological polar surface area (TPSA) is 121 Å². The quantitative estimate of drug-likeness (QED) is 0.428. The molecular weight excluding hydrogens is 512 g/mol. The molecule has 2 aromatic heterocycles. The van der Waals surface area contributed by atoms with Crippen molar-refractivity contribution in [1.29, 1.82) is 0 Å². The number of aromatic nitrogens is 5. The lowest BCUT2D eigenvalue weighted by Gasteiger charge is -2.25. The van der Waals surface area contributed by atoms with Crippen molar-refractivity contribution in [2.24, 2.45) is 0 Å². The van der Waals surface area contributed by atoms with E-state index in [1.165, 1.54) is 0 Å². The van der Waals surface area contributed by atoms with Crippen LogP contribution in [0.15, 0.2) is 30.6 Å². The standard InChI is InChI=1S/C25H36N6O4S2/c1-16-13-26-23(27-14-16)17(2)18(3)37(32,33)30-25-29-28-24(19-11-12-36(6,7)15-19)31(25)22-20(34-4)9-8-10-21(22)35-5/h8-10,13-14,17-19H,11-12,15H2,1-7H3,(H,29,30)/t17-,18-,19+/m0/s1. The Hall–Kier alpha value is -2.86. The number of ether oxygens (including phenoxy) is 2. The molecule has 4 rings (SSSR count). The molecule has 3 heterocycles. The Kier molecular flexibility index (Phi) is 7.70. The van der Waals surface area contributed by atoms with Crippen LogP contribution in [0.5, 0.6) is 11.5 Å². The Morgan fingerprint density at radius 2 is 1.70 bits per heavy atom. The lowest BCUT2D eigenvalue weighted by Crippen LogP contribution is -2.31.